The van der Waals surface area contributed by atoms with Crippen molar-refractivity contribution in [1.29, 1.82) is 0 Å². The Hall–Kier alpha value is -3.59. The number of carbonyl (C=O) groups is 3. The Balaban J connectivity index is 1.98. The minimum absolute atomic E-state index is 0.201. The van der Waals surface area contributed by atoms with Crippen molar-refractivity contribution in [3.63, 3.8) is 0 Å². The second-order valence-corrected chi connectivity index (χ2v) is 6.98. The van der Waals surface area contributed by atoms with E-state index in [-0.39, 0.29) is 38.1 Å². The fraction of sp³-hybridized carbons (Fsp3) is 0.348. The highest BCUT2D eigenvalue weighted by atomic mass is 16.5. The van der Waals surface area contributed by atoms with Crippen LogP contribution in [0.25, 0.3) is 0 Å². The van der Waals surface area contributed by atoms with Crippen LogP contribution in [-0.2, 0) is 14.3 Å². The average molecular weight is 444 g/mol. The summed E-state index contributed by atoms with van der Waals surface area (Å²) in [5.74, 6) is -0.305. The van der Waals surface area contributed by atoms with Gasteiger partial charge >= 0.3 is 0 Å². The second-order valence-electron chi connectivity index (χ2n) is 6.98. The molecule has 9 nitrogen and oxygen atoms in total. The van der Waals surface area contributed by atoms with Gasteiger partial charge in [-0.25, -0.2) is 0 Å². The standard InChI is InChI=1S/C23H29N3O6/c1-16-5-8-18(9-6-16)25-21(27)14-24-22(28)15-26(11-12-30-2)23(29)17-7-10-19(31-3)20(13-17)32-4/h5-10,13H,11-12,14-15H2,1-4H3,(H,24,28)(H,25,27). The van der Waals surface area contributed by atoms with E-state index in [1.165, 1.54) is 26.2 Å². The number of benzene rings is 2. The van der Waals surface area contributed by atoms with Gasteiger partial charge in [-0.05, 0) is 37.3 Å². The molecule has 0 saturated carbocycles. The third-order valence-electron chi connectivity index (χ3n) is 4.60. The van der Waals surface area contributed by atoms with E-state index in [1.54, 1.807) is 30.3 Å². The first-order chi connectivity index (χ1) is 15.4. The number of ether oxygens (including phenoxy) is 3. The van der Waals surface area contributed by atoms with E-state index in [9.17, 15) is 14.4 Å². The molecule has 0 fully saturated rings. The van der Waals surface area contributed by atoms with Gasteiger partial charge in [0, 0.05) is 24.9 Å². The largest absolute Gasteiger partial charge is 0.493 e. The maximum absolute atomic E-state index is 13.0. The van der Waals surface area contributed by atoms with Crippen molar-refractivity contribution in [2.45, 2.75) is 6.92 Å². The molecule has 2 N–H and O–H groups in total. The molecule has 9 heteroatoms. The fourth-order valence-corrected chi connectivity index (χ4v) is 2.86. The van der Waals surface area contributed by atoms with Gasteiger partial charge in [0.2, 0.25) is 11.8 Å². The first-order valence-electron chi connectivity index (χ1n) is 10.0. The number of amides is 3. The lowest BCUT2D eigenvalue weighted by molar-refractivity contribution is -0.124. The highest BCUT2D eigenvalue weighted by Gasteiger charge is 2.20. The van der Waals surface area contributed by atoms with Gasteiger partial charge in [0.25, 0.3) is 5.91 Å². The zero-order valence-electron chi connectivity index (χ0n) is 18.8. The van der Waals surface area contributed by atoms with Crippen molar-refractivity contribution >= 4 is 23.4 Å². The third kappa shape index (κ3) is 7.28. The van der Waals surface area contributed by atoms with Crippen LogP contribution >= 0.6 is 0 Å². The van der Waals surface area contributed by atoms with Gasteiger partial charge in [0.15, 0.2) is 11.5 Å². The Morgan fingerprint density at radius 2 is 1.59 bits per heavy atom. The van der Waals surface area contributed by atoms with Crippen LogP contribution in [0, 0.1) is 6.92 Å². The van der Waals surface area contributed by atoms with Gasteiger partial charge in [-0.15, -0.1) is 0 Å². The molecule has 0 aromatic heterocycles. The minimum atomic E-state index is -0.464. The van der Waals surface area contributed by atoms with Crippen LogP contribution in [0.5, 0.6) is 11.5 Å². The van der Waals surface area contributed by atoms with Crippen LogP contribution in [0.1, 0.15) is 15.9 Å². The van der Waals surface area contributed by atoms with E-state index < -0.39 is 5.91 Å². The van der Waals surface area contributed by atoms with E-state index in [0.29, 0.717) is 22.7 Å². The number of hydrogen-bond acceptors (Lipinski definition) is 6. The van der Waals surface area contributed by atoms with Crippen molar-refractivity contribution < 1.29 is 28.6 Å². The zero-order valence-corrected chi connectivity index (χ0v) is 18.8. The number of hydrogen-bond donors (Lipinski definition) is 2. The summed E-state index contributed by atoms with van der Waals surface area (Å²) in [6.07, 6.45) is 0. The molecule has 0 saturated heterocycles. The van der Waals surface area contributed by atoms with Crippen molar-refractivity contribution in [3.8, 4) is 11.5 Å². The molecular weight excluding hydrogens is 414 g/mol. The maximum Gasteiger partial charge on any atom is 0.254 e. The molecule has 0 aliphatic rings. The van der Waals surface area contributed by atoms with Gasteiger partial charge in [-0.3, -0.25) is 14.4 Å². The van der Waals surface area contributed by atoms with E-state index >= 15 is 0 Å². The lowest BCUT2D eigenvalue weighted by Crippen LogP contribution is -2.44. The molecule has 0 radical (unpaired) electrons. The summed E-state index contributed by atoms with van der Waals surface area (Å²) < 4.78 is 15.5. The van der Waals surface area contributed by atoms with E-state index in [0.717, 1.165) is 5.56 Å². The fourth-order valence-electron chi connectivity index (χ4n) is 2.86. The Labute approximate surface area is 187 Å². The first-order valence-corrected chi connectivity index (χ1v) is 10.0. The number of carbonyl (C=O) groups excluding carboxylic acids is 3. The molecule has 2 rings (SSSR count). The van der Waals surface area contributed by atoms with Crippen LogP contribution in [-0.4, -0.2) is 70.2 Å². The van der Waals surface area contributed by atoms with E-state index in [1.807, 2.05) is 19.1 Å². The number of nitrogens with zero attached hydrogens (tertiary/aromatic N) is 1. The molecule has 0 heterocycles. The van der Waals surface area contributed by atoms with Gasteiger partial charge in [-0.2, -0.15) is 0 Å². The second kappa shape index (κ2) is 12.3. The van der Waals surface area contributed by atoms with Crippen LogP contribution in [0.3, 0.4) is 0 Å². The summed E-state index contributed by atoms with van der Waals surface area (Å²) in [6.45, 7) is 1.96. The molecule has 0 unspecified atom stereocenters. The number of methoxy groups -OCH3 is 3. The number of aryl methyl sites for hydroxylation is 1. The van der Waals surface area contributed by atoms with E-state index in [4.69, 9.17) is 14.2 Å². The average Bonchev–Trinajstić information content (AvgIpc) is 2.80. The van der Waals surface area contributed by atoms with Crippen LogP contribution in [0.2, 0.25) is 0 Å². The SMILES string of the molecule is COCCN(CC(=O)NCC(=O)Nc1ccc(C)cc1)C(=O)c1ccc(OC)c(OC)c1. The van der Waals surface area contributed by atoms with Gasteiger partial charge in [0.05, 0.1) is 33.9 Å². The Kier molecular flexibility index (Phi) is 9.49. The molecule has 0 aliphatic carbocycles. The summed E-state index contributed by atoms with van der Waals surface area (Å²) in [7, 11) is 4.49. The molecule has 0 atom stereocenters. The quantitative estimate of drug-likeness (QED) is 0.549. The normalized spacial score (nSPS) is 10.2. The van der Waals surface area contributed by atoms with Gasteiger partial charge in [0.1, 0.15) is 0 Å². The first kappa shape index (κ1) is 24.7. The molecule has 32 heavy (non-hydrogen) atoms. The maximum atomic E-state index is 13.0. The molecule has 0 bridgehead atoms. The third-order valence-corrected chi connectivity index (χ3v) is 4.60. The van der Waals surface area contributed by atoms with Crippen molar-refractivity contribution in [1.82, 2.24) is 10.2 Å². The number of rotatable bonds is 11. The smallest absolute Gasteiger partial charge is 0.254 e. The molecule has 172 valence electrons. The van der Waals surface area contributed by atoms with Crippen LogP contribution < -0.4 is 20.1 Å². The topological polar surface area (TPSA) is 106 Å². The van der Waals surface area contributed by atoms with Gasteiger partial charge in [-0.1, -0.05) is 17.7 Å². The minimum Gasteiger partial charge on any atom is -0.493 e. The summed E-state index contributed by atoms with van der Waals surface area (Å²) >= 11 is 0. The van der Waals surface area contributed by atoms with Crippen molar-refractivity contribution in [2.75, 3.05) is 52.9 Å². The molecule has 0 spiro atoms. The Morgan fingerprint density at radius 1 is 0.906 bits per heavy atom. The van der Waals surface area contributed by atoms with Gasteiger partial charge < -0.3 is 29.7 Å². The summed E-state index contributed by atoms with van der Waals surface area (Å²) in [6, 6.07) is 12.1. The van der Waals surface area contributed by atoms with Crippen molar-refractivity contribution in [2.24, 2.45) is 0 Å². The monoisotopic (exact) mass is 443 g/mol. The molecule has 0 aliphatic heterocycles. The van der Waals surface area contributed by atoms with Crippen LogP contribution in [0.15, 0.2) is 42.5 Å². The number of nitrogens with one attached hydrogen (secondary N) is 2. The molecule has 2 aromatic rings. The predicted octanol–water partition coefficient (Wildman–Crippen LogP) is 1.86. The summed E-state index contributed by atoms with van der Waals surface area (Å²) in [4.78, 5) is 38.8. The van der Waals surface area contributed by atoms with Crippen LogP contribution in [0.4, 0.5) is 5.69 Å². The molecule has 2 aromatic carbocycles. The highest BCUT2D eigenvalue weighted by Crippen LogP contribution is 2.28. The lowest BCUT2D eigenvalue weighted by Gasteiger charge is -2.22. The predicted molar refractivity (Wildman–Crippen MR) is 120 cm³/mol. The highest BCUT2D eigenvalue weighted by molar-refractivity contribution is 5.98. The molecule has 3 amide bonds. The number of anilines is 1. The Morgan fingerprint density at radius 3 is 2.22 bits per heavy atom. The van der Waals surface area contributed by atoms with E-state index in [2.05, 4.69) is 10.6 Å². The summed E-state index contributed by atoms with van der Waals surface area (Å²) in [5, 5.41) is 5.24. The lowest BCUT2D eigenvalue weighted by atomic mass is 10.1. The Bertz CT molecular complexity index is 930. The summed E-state index contributed by atoms with van der Waals surface area (Å²) in [5.41, 5.74) is 2.05. The zero-order chi connectivity index (χ0) is 23.5. The van der Waals surface area contributed by atoms with Crippen molar-refractivity contribution in [3.05, 3.63) is 53.6 Å². The molecular formula is C23H29N3O6.